The fourth-order valence-corrected chi connectivity index (χ4v) is 2.73. The summed E-state index contributed by atoms with van der Waals surface area (Å²) in [5.74, 6) is -0.988. The van der Waals surface area contributed by atoms with Crippen molar-refractivity contribution < 1.29 is 15.0 Å². The first-order valence-electron chi connectivity index (χ1n) is 6.68. The maximum Gasteiger partial charge on any atom is 0.339 e. The molecule has 2 atom stereocenters. The number of anilines is 1. The predicted octanol–water partition coefficient (Wildman–Crippen LogP) is 0.589. The van der Waals surface area contributed by atoms with Crippen LogP contribution in [0.15, 0.2) is 12.3 Å². The summed E-state index contributed by atoms with van der Waals surface area (Å²) in [6, 6.07) is 1.89. The molecule has 1 aromatic rings. The SMILES string of the molecule is Cc1cc(N2CC(O)CC2CN(C)C)c(C(=O)O)cn1. The molecule has 1 aliphatic rings. The number of aliphatic hydroxyl groups excluding tert-OH is 1. The van der Waals surface area contributed by atoms with Gasteiger partial charge in [0.1, 0.15) is 5.56 Å². The summed E-state index contributed by atoms with van der Waals surface area (Å²) < 4.78 is 0. The smallest absolute Gasteiger partial charge is 0.339 e. The number of likely N-dealkylation sites (N-methyl/N-ethyl adjacent to an activating group) is 1. The Balaban J connectivity index is 2.37. The Labute approximate surface area is 118 Å². The average molecular weight is 279 g/mol. The second kappa shape index (κ2) is 5.76. The van der Waals surface area contributed by atoms with E-state index in [1.807, 2.05) is 30.8 Å². The number of pyridine rings is 1. The highest BCUT2D eigenvalue weighted by molar-refractivity contribution is 5.94. The van der Waals surface area contributed by atoms with Crippen LogP contribution in [0.2, 0.25) is 0 Å². The van der Waals surface area contributed by atoms with E-state index in [2.05, 4.69) is 4.98 Å². The quantitative estimate of drug-likeness (QED) is 0.840. The summed E-state index contributed by atoms with van der Waals surface area (Å²) in [7, 11) is 3.94. The molecular weight excluding hydrogens is 258 g/mol. The number of hydrogen-bond donors (Lipinski definition) is 2. The van der Waals surface area contributed by atoms with E-state index in [1.165, 1.54) is 6.20 Å². The minimum Gasteiger partial charge on any atom is -0.478 e. The molecule has 0 bridgehead atoms. The number of hydrogen-bond acceptors (Lipinski definition) is 5. The Morgan fingerprint density at radius 3 is 2.85 bits per heavy atom. The molecule has 0 spiro atoms. The van der Waals surface area contributed by atoms with Crippen LogP contribution in [-0.2, 0) is 0 Å². The monoisotopic (exact) mass is 279 g/mol. The predicted molar refractivity (Wildman–Crippen MR) is 76.2 cm³/mol. The second-order valence-corrected chi connectivity index (χ2v) is 5.61. The highest BCUT2D eigenvalue weighted by Gasteiger charge is 2.33. The van der Waals surface area contributed by atoms with Crippen molar-refractivity contribution in [2.24, 2.45) is 0 Å². The molecule has 0 aliphatic carbocycles. The van der Waals surface area contributed by atoms with E-state index in [0.717, 1.165) is 12.2 Å². The topological polar surface area (TPSA) is 76.9 Å². The van der Waals surface area contributed by atoms with Gasteiger partial charge in [0.05, 0.1) is 11.8 Å². The van der Waals surface area contributed by atoms with Crippen LogP contribution in [0.25, 0.3) is 0 Å². The van der Waals surface area contributed by atoms with Crippen LogP contribution >= 0.6 is 0 Å². The summed E-state index contributed by atoms with van der Waals surface area (Å²) in [5, 5.41) is 19.2. The number of rotatable bonds is 4. The van der Waals surface area contributed by atoms with Gasteiger partial charge in [-0.15, -0.1) is 0 Å². The van der Waals surface area contributed by atoms with E-state index < -0.39 is 12.1 Å². The molecule has 1 aliphatic heterocycles. The van der Waals surface area contributed by atoms with E-state index >= 15 is 0 Å². The zero-order valence-corrected chi connectivity index (χ0v) is 12.1. The fraction of sp³-hybridized carbons (Fsp3) is 0.571. The summed E-state index contributed by atoms with van der Waals surface area (Å²) in [6.45, 7) is 3.07. The van der Waals surface area contributed by atoms with Gasteiger partial charge < -0.3 is 20.0 Å². The number of aromatic carboxylic acids is 1. The molecule has 2 rings (SSSR count). The van der Waals surface area contributed by atoms with Crippen molar-refractivity contribution >= 4 is 11.7 Å². The van der Waals surface area contributed by atoms with E-state index in [0.29, 0.717) is 18.7 Å². The normalized spacial score (nSPS) is 22.6. The van der Waals surface area contributed by atoms with Crippen molar-refractivity contribution in [1.82, 2.24) is 9.88 Å². The van der Waals surface area contributed by atoms with Crippen LogP contribution in [0.5, 0.6) is 0 Å². The average Bonchev–Trinajstić information content (AvgIpc) is 2.68. The molecule has 0 aromatic carbocycles. The van der Waals surface area contributed by atoms with Crippen LogP contribution in [0, 0.1) is 6.92 Å². The number of aryl methyl sites for hydroxylation is 1. The van der Waals surface area contributed by atoms with E-state index in [-0.39, 0.29) is 11.6 Å². The summed E-state index contributed by atoms with van der Waals surface area (Å²) in [5.41, 5.74) is 1.61. The largest absolute Gasteiger partial charge is 0.478 e. The molecule has 2 heterocycles. The van der Waals surface area contributed by atoms with Crippen molar-refractivity contribution in [2.75, 3.05) is 32.1 Å². The minimum absolute atomic E-state index is 0.111. The maximum atomic E-state index is 11.4. The Kier molecular flexibility index (Phi) is 4.25. The lowest BCUT2D eigenvalue weighted by atomic mass is 10.1. The zero-order valence-electron chi connectivity index (χ0n) is 12.1. The van der Waals surface area contributed by atoms with Gasteiger partial charge in [0.25, 0.3) is 0 Å². The second-order valence-electron chi connectivity index (χ2n) is 5.61. The third-order valence-corrected chi connectivity index (χ3v) is 3.53. The van der Waals surface area contributed by atoms with Gasteiger partial charge in [-0.05, 0) is 33.5 Å². The van der Waals surface area contributed by atoms with Crippen LogP contribution < -0.4 is 4.90 Å². The molecule has 1 fully saturated rings. The van der Waals surface area contributed by atoms with E-state index in [4.69, 9.17) is 0 Å². The van der Waals surface area contributed by atoms with Crippen LogP contribution in [-0.4, -0.2) is 65.4 Å². The third kappa shape index (κ3) is 3.08. The lowest BCUT2D eigenvalue weighted by molar-refractivity contribution is 0.0697. The lowest BCUT2D eigenvalue weighted by Crippen LogP contribution is -2.38. The first-order valence-corrected chi connectivity index (χ1v) is 6.68. The molecular formula is C14H21N3O3. The number of carbonyl (C=O) groups is 1. The van der Waals surface area contributed by atoms with Gasteiger partial charge in [-0.25, -0.2) is 4.79 Å². The van der Waals surface area contributed by atoms with Crippen molar-refractivity contribution in [3.8, 4) is 0 Å². The maximum absolute atomic E-state index is 11.4. The Bertz CT molecular complexity index is 504. The zero-order chi connectivity index (χ0) is 14.9. The van der Waals surface area contributed by atoms with Crippen LogP contribution in [0.3, 0.4) is 0 Å². The number of carboxylic acids is 1. The number of aliphatic hydroxyl groups is 1. The highest BCUT2D eigenvalue weighted by Crippen LogP contribution is 2.29. The minimum atomic E-state index is -0.988. The summed E-state index contributed by atoms with van der Waals surface area (Å²) >= 11 is 0. The number of β-amino-alcohol motifs (C(OH)–C–C–N with tert-alkyl or cyclic N) is 1. The van der Waals surface area contributed by atoms with Gasteiger partial charge in [-0.2, -0.15) is 0 Å². The van der Waals surface area contributed by atoms with Gasteiger partial charge in [0.15, 0.2) is 0 Å². The number of nitrogens with zero attached hydrogens (tertiary/aromatic N) is 3. The van der Waals surface area contributed by atoms with E-state index in [1.54, 1.807) is 6.07 Å². The van der Waals surface area contributed by atoms with Crippen molar-refractivity contribution in [3.05, 3.63) is 23.5 Å². The first kappa shape index (κ1) is 14.7. The fourth-order valence-electron chi connectivity index (χ4n) is 2.73. The van der Waals surface area contributed by atoms with E-state index in [9.17, 15) is 15.0 Å². The van der Waals surface area contributed by atoms with Gasteiger partial charge in [0, 0.05) is 31.0 Å². The summed E-state index contributed by atoms with van der Waals surface area (Å²) in [6.07, 6.45) is 1.62. The first-order chi connectivity index (χ1) is 9.38. The van der Waals surface area contributed by atoms with Crippen molar-refractivity contribution in [3.63, 3.8) is 0 Å². The lowest BCUT2D eigenvalue weighted by Gasteiger charge is -2.29. The molecule has 6 nitrogen and oxygen atoms in total. The standard InChI is InChI=1S/C14H21N3O3/c1-9-4-13(12(6-15-9)14(19)20)17-8-11(18)5-10(17)7-16(2)3/h4,6,10-11,18H,5,7-8H2,1-3H3,(H,19,20). The molecule has 110 valence electrons. The van der Waals surface area contributed by atoms with Gasteiger partial charge in [-0.1, -0.05) is 0 Å². The molecule has 0 amide bonds. The molecule has 2 N–H and O–H groups in total. The molecule has 2 unspecified atom stereocenters. The van der Waals surface area contributed by atoms with Crippen LogP contribution in [0.4, 0.5) is 5.69 Å². The number of aromatic nitrogens is 1. The third-order valence-electron chi connectivity index (χ3n) is 3.53. The molecule has 1 aromatic heterocycles. The van der Waals surface area contributed by atoms with Crippen LogP contribution in [0.1, 0.15) is 22.5 Å². The molecule has 20 heavy (non-hydrogen) atoms. The molecule has 1 saturated heterocycles. The van der Waals surface area contributed by atoms with Gasteiger partial charge in [-0.3, -0.25) is 4.98 Å². The molecule has 6 heteroatoms. The van der Waals surface area contributed by atoms with Gasteiger partial charge in [0.2, 0.25) is 0 Å². The Morgan fingerprint density at radius 1 is 1.55 bits per heavy atom. The Morgan fingerprint density at radius 2 is 2.25 bits per heavy atom. The Hall–Kier alpha value is -1.66. The highest BCUT2D eigenvalue weighted by atomic mass is 16.4. The molecule has 0 saturated carbocycles. The van der Waals surface area contributed by atoms with Crippen molar-refractivity contribution in [1.29, 1.82) is 0 Å². The van der Waals surface area contributed by atoms with Gasteiger partial charge >= 0.3 is 5.97 Å². The van der Waals surface area contributed by atoms with Crippen molar-refractivity contribution in [2.45, 2.75) is 25.5 Å². The molecule has 0 radical (unpaired) electrons. The summed E-state index contributed by atoms with van der Waals surface area (Å²) in [4.78, 5) is 19.5. The number of carboxylic acid groups (broad SMARTS) is 1.